The number of fused-ring (bicyclic) bond motifs is 3. The molecule has 2 saturated heterocycles. The second kappa shape index (κ2) is 19.7. The molecule has 3 aliphatic heterocycles. The Kier molecular flexibility index (Phi) is 13.7. The van der Waals surface area contributed by atoms with E-state index in [4.69, 9.17) is 30.9 Å². The molecule has 2 aromatic heterocycles. The number of rotatable bonds is 14. The maximum absolute atomic E-state index is 15.3. The van der Waals surface area contributed by atoms with Crippen LogP contribution in [0, 0.1) is 25.5 Å². The maximum Gasteiger partial charge on any atom is 0.355 e. The number of hydrogen-bond acceptors (Lipinski definition) is 10. The molecule has 9 rings (SSSR count). The fraction of sp³-hybridized carbons (Fsp3) is 0.396. The predicted molar refractivity (Wildman–Crippen MR) is 262 cm³/mol. The molecule has 71 heavy (non-hydrogen) atoms. The molecule has 5 heterocycles. The van der Waals surface area contributed by atoms with Gasteiger partial charge in [-0.3, -0.25) is 34.1 Å². The van der Waals surface area contributed by atoms with Crippen molar-refractivity contribution in [2.45, 2.75) is 85.0 Å². The van der Waals surface area contributed by atoms with Gasteiger partial charge in [0.2, 0.25) is 11.8 Å². The third kappa shape index (κ3) is 9.81. The number of piperidine rings is 1. The number of hydrogen-bond donors (Lipinski definition) is 1. The van der Waals surface area contributed by atoms with Crippen LogP contribution >= 0.6 is 11.6 Å². The summed E-state index contributed by atoms with van der Waals surface area (Å²) in [7, 11) is 1.88. The molecule has 0 radical (unpaired) electrons. The average molecular weight is 993 g/mol. The van der Waals surface area contributed by atoms with E-state index < -0.39 is 47.8 Å². The number of aromatic nitrogens is 3. The number of nitrogens with zero attached hydrogens (tertiary/aromatic N) is 6. The number of imide groups is 1. The van der Waals surface area contributed by atoms with E-state index in [9.17, 15) is 28.4 Å². The summed E-state index contributed by atoms with van der Waals surface area (Å²) in [5.74, 6) is -2.97. The van der Waals surface area contributed by atoms with Crippen LogP contribution in [0.2, 0.25) is 5.02 Å². The zero-order valence-corrected chi connectivity index (χ0v) is 41.4. The van der Waals surface area contributed by atoms with Gasteiger partial charge in [-0.2, -0.15) is 5.10 Å². The first-order valence-electron chi connectivity index (χ1n) is 23.9. The molecular formula is C53H56ClF2N7O8. The SMILES string of the molecule is Cc1nn(C)c(C)c1-c1c(Cl)ccc2c(CCCOc3cccc4cc(F)ccc34)c(C(=O)OC(C)(C)C)n(CCN3CCN(C(=O)COc4c(F)ccc5c4CN(C4CCC(=O)NC4=O)C5=O)CC3)c12. The summed E-state index contributed by atoms with van der Waals surface area (Å²) in [6.07, 6.45) is 1.22. The second-order valence-electron chi connectivity index (χ2n) is 19.4. The van der Waals surface area contributed by atoms with E-state index in [0.717, 1.165) is 55.8 Å². The number of benzene rings is 4. The molecule has 372 valence electrons. The van der Waals surface area contributed by atoms with Crippen molar-refractivity contribution in [1.29, 1.82) is 0 Å². The van der Waals surface area contributed by atoms with Crippen LogP contribution in [0.3, 0.4) is 0 Å². The van der Waals surface area contributed by atoms with Gasteiger partial charge in [0.15, 0.2) is 18.2 Å². The molecule has 4 amide bonds. The van der Waals surface area contributed by atoms with E-state index in [1.165, 1.54) is 23.1 Å². The highest BCUT2D eigenvalue weighted by Gasteiger charge is 2.41. The average Bonchev–Trinajstić information content (AvgIpc) is 3.91. The molecule has 15 nitrogen and oxygen atoms in total. The molecule has 0 aliphatic carbocycles. The quantitative estimate of drug-likeness (QED) is 0.0652. The van der Waals surface area contributed by atoms with Gasteiger partial charge in [-0.15, -0.1) is 0 Å². The summed E-state index contributed by atoms with van der Waals surface area (Å²) < 4.78 is 51.5. The lowest BCUT2D eigenvalue weighted by Crippen LogP contribution is -2.52. The summed E-state index contributed by atoms with van der Waals surface area (Å²) in [5, 5.41) is 9.86. The van der Waals surface area contributed by atoms with E-state index in [1.807, 2.05) is 81.2 Å². The van der Waals surface area contributed by atoms with Crippen LogP contribution < -0.4 is 14.8 Å². The second-order valence-corrected chi connectivity index (χ2v) is 19.8. The highest BCUT2D eigenvalue weighted by atomic mass is 35.5. The summed E-state index contributed by atoms with van der Waals surface area (Å²) in [6, 6.07) is 15.5. The lowest BCUT2D eigenvalue weighted by molar-refractivity contribution is -0.137. The minimum Gasteiger partial charge on any atom is -0.493 e. The molecule has 0 saturated carbocycles. The Bertz CT molecular complexity index is 3130. The van der Waals surface area contributed by atoms with Gasteiger partial charge in [0.1, 0.15) is 28.9 Å². The van der Waals surface area contributed by atoms with Crippen molar-refractivity contribution in [2.75, 3.05) is 45.9 Å². The van der Waals surface area contributed by atoms with Gasteiger partial charge in [-0.25, -0.2) is 13.6 Å². The van der Waals surface area contributed by atoms with Crippen molar-refractivity contribution in [1.82, 2.24) is 34.4 Å². The molecule has 1 unspecified atom stereocenters. The topological polar surface area (TPSA) is 158 Å². The first-order valence-corrected chi connectivity index (χ1v) is 24.2. The van der Waals surface area contributed by atoms with E-state index in [-0.39, 0.29) is 48.0 Å². The Hall–Kier alpha value is -6.85. The molecule has 3 aliphatic rings. The standard InChI is InChI=1S/C53H56ClF2N7O8/c1-30-45(31(2)59(6)58-30)46-39(54)16-14-36-35(10-8-26-69-42-11-7-9-32-27-33(55)12-13-34(32)42)48(52(68)71-53(3,4)5)62(47(36)46)25-22-60-20-23-61(24-21-60)44(65)29-70-49-38-28-63(41-18-19-43(64)57-50(41)66)51(67)37(38)15-17-40(49)56/h7,9,11-17,27,41H,8,10,18-26,28-29H2,1-6H3,(H,57,64,66). The van der Waals surface area contributed by atoms with Gasteiger partial charge < -0.3 is 28.6 Å². The first kappa shape index (κ1) is 49.1. The highest BCUT2D eigenvalue weighted by Crippen LogP contribution is 2.43. The normalized spacial score (nSPS) is 16.5. The maximum atomic E-state index is 15.3. The molecule has 18 heteroatoms. The third-order valence-electron chi connectivity index (χ3n) is 13.6. The van der Waals surface area contributed by atoms with Crippen molar-refractivity contribution >= 4 is 62.9 Å². The van der Waals surface area contributed by atoms with Crippen LogP contribution in [-0.2, 0) is 45.7 Å². The van der Waals surface area contributed by atoms with Crippen LogP contribution in [0.1, 0.15) is 83.4 Å². The number of carbonyl (C=O) groups excluding carboxylic acids is 5. The van der Waals surface area contributed by atoms with E-state index in [2.05, 4.69) is 10.2 Å². The largest absolute Gasteiger partial charge is 0.493 e. The fourth-order valence-corrected chi connectivity index (χ4v) is 10.4. The molecule has 0 bridgehead atoms. The van der Waals surface area contributed by atoms with Crippen molar-refractivity contribution in [3.63, 3.8) is 0 Å². The number of ether oxygens (including phenoxy) is 3. The van der Waals surface area contributed by atoms with Crippen molar-refractivity contribution < 1.29 is 47.0 Å². The van der Waals surface area contributed by atoms with Crippen LogP contribution in [0.4, 0.5) is 8.78 Å². The Morgan fingerprint density at radius 3 is 2.39 bits per heavy atom. The zero-order chi connectivity index (χ0) is 50.5. The Balaban J connectivity index is 0.941. The number of carbonyl (C=O) groups is 5. The van der Waals surface area contributed by atoms with Gasteiger partial charge in [-0.1, -0.05) is 29.8 Å². The van der Waals surface area contributed by atoms with Crippen LogP contribution in [0.15, 0.2) is 60.7 Å². The van der Waals surface area contributed by atoms with E-state index in [1.54, 1.807) is 11.0 Å². The third-order valence-corrected chi connectivity index (χ3v) is 13.9. The fourth-order valence-electron chi connectivity index (χ4n) is 10.1. The number of piperazine rings is 1. The van der Waals surface area contributed by atoms with Crippen molar-refractivity contribution in [3.8, 4) is 22.6 Å². The number of esters is 1. The summed E-state index contributed by atoms with van der Waals surface area (Å²) in [5.41, 5.74) is 4.89. The highest BCUT2D eigenvalue weighted by molar-refractivity contribution is 6.35. The minimum atomic E-state index is -0.888. The smallest absolute Gasteiger partial charge is 0.355 e. The summed E-state index contributed by atoms with van der Waals surface area (Å²) in [6.45, 7) is 11.7. The molecule has 1 N–H and O–H groups in total. The Morgan fingerprint density at radius 1 is 0.915 bits per heavy atom. The van der Waals surface area contributed by atoms with Gasteiger partial charge in [-0.05, 0) is 107 Å². The monoisotopic (exact) mass is 991 g/mol. The number of amides is 4. The van der Waals surface area contributed by atoms with Crippen LogP contribution in [0.25, 0.3) is 32.8 Å². The minimum absolute atomic E-state index is 0.0751. The van der Waals surface area contributed by atoms with Crippen LogP contribution in [-0.4, -0.2) is 116 Å². The van der Waals surface area contributed by atoms with Crippen molar-refractivity contribution in [2.24, 2.45) is 7.05 Å². The van der Waals surface area contributed by atoms with Gasteiger partial charge in [0.05, 0.1) is 29.4 Å². The molecule has 1 atom stereocenters. The first-order chi connectivity index (χ1) is 33.9. The Labute approximate surface area is 414 Å². The number of halogens is 3. The van der Waals surface area contributed by atoms with Gasteiger partial charge in [0, 0.05) is 91.5 Å². The molecule has 4 aromatic carbocycles. The van der Waals surface area contributed by atoms with Crippen LogP contribution in [0.5, 0.6) is 11.5 Å². The molecule has 2 fully saturated rings. The lowest BCUT2D eigenvalue weighted by atomic mass is 9.98. The van der Waals surface area contributed by atoms with Crippen molar-refractivity contribution in [3.05, 3.63) is 111 Å². The number of aryl methyl sites for hydroxylation is 3. The summed E-state index contributed by atoms with van der Waals surface area (Å²) in [4.78, 5) is 71.1. The van der Waals surface area contributed by atoms with E-state index >= 15 is 4.39 Å². The zero-order valence-electron chi connectivity index (χ0n) is 40.6. The summed E-state index contributed by atoms with van der Waals surface area (Å²) >= 11 is 7.18. The predicted octanol–water partition coefficient (Wildman–Crippen LogP) is 7.69. The molecular weight excluding hydrogens is 936 g/mol. The Morgan fingerprint density at radius 2 is 1.68 bits per heavy atom. The van der Waals surface area contributed by atoms with E-state index in [0.29, 0.717) is 75.2 Å². The number of nitrogens with one attached hydrogen (secondary N) is 1. The lowest BCUT2D eigenvalue weighted by Gasteiger charge is -2.35. The van der Waals surface area contributed by atoms with Gasteiger partial charge >= 0.3 is 5.97 Å². The molecule has 6 aromatic rings. The van der Waals surface area contributed by atoms with Gasteiger partial charge in [0.25, 0.3) is 11.8 Å². The molecule has 0 spiro atoms.